The highest BCUT2D eigenvalue weighted by Gasteiger charge is 2.06. The summed E-state index contributed by atoms with van der Waals surface area (Å²) in [6.45, 7) is 3.63. The van der Waals surface area contributed by atoms with Crippen molar-refractivity contribution in [2.75, 3.05) is 0 Å². The zero-order valence-electron chi connectivity index (χ0n) is 8.77. The Morgan fingerprint density at radius 2 is 2.12 bits per heavy atom. The van der Waals surface area contributed by atoms with E-state index >= 15 is 0 Å². The molecule has 0 spiro atoms. The van der Waals surface area contributed by atoms with Crippen LogP contribution in [-0.4, -0.2) is 16.1 Å². The predicted molar refractivity (Wildman–Crippen MR) is 66.7 cm³/mol. The van der Waals surface area contributed by atoms with Crippen LogP contribution in [0.15, 0.2) is 29.1 Å². The molecule has 2 rings (SSSR count). The molecule has 0 amide bonds. The molecule has 1 aromatic carbocycles. The first-order valence-corrected chi connectivity index (χ1v) is 5.61. The van der Waals surface area contributed by atoms with E-state index in [0.717, 1.165) is 0 Å². The molecule has 86 valence electrons. The molecule has 0 aliphatic heterocycles. The van der Waals surface area contributed by atoms with Gasteiger partial charge in [-0.3, -0.25) is 4.79 Å². The summed E-state index contributed by atoms with van der Waals surface area (Å²) in [6, 6.07) is 6.53. The van der Waals surface area contributed by atoms with Gasteiger partial charge in [0.1, 0.15) is 0 Å². The summed E-state index contributed by atoms with van der Waals surface area (Å²) >= 11 is 1.20. The average molecular weight is 247 g/mol. The molecular formula is C12H9NO3S. The SMILES string of the molecule is C=c1[nH]c(=O)/c(=C/c2ccccc2C(=O)O)s1. The van der Waals surface area contributed by atoms with Gasteiger partial charge in [-0.1, -0.05) is 24.8 Å². The third-order valence-electron chi connectivity index (χ3n) is 2.19. The maximum absolute atomic E-state index is 11.5. The van der Waals surface area contributed by atoms with Crippen LogP contribution in [0.3, 0.4) is 0 Å². The summed E-state index contributed by atoms with van der Waals surface area (Å²) in [4.78, 5) is 25.0. The molecule has 0 saturated carbocycles. The highest BCUT2D eigenvalue weighted by Crippen LogP contribution is 2.08. The van der Waals surface area contributed by atoms with Crippen molar-refractivity contribution in [3.63, 3.8) is 0 Å². The van der Waals surface area contributed by atoms with Crippen molar-refractivity contribution < 1.29 is 9.90 Å². The van der Waals surface area contributed by atoms with Gasteiger partial charge in [-0.05, 0) is 17.7 Å². The Kier molecular flexibility index (Phi) is 2.93. The number of benzene rings is 1. The minimum Gasteiger partial charge on any atom is -0.478 e. The molecule has 0 aliphatic rings. The van der Waals surface area contributed by atoms with E-state index in [1.54, 1.807) is 24.3 Å². The van der Waals surface area contributed by atoms with E-state index in [9.17, 15) is 9.59 Å². The van der Waals surface area contributed by atoms with Gasteiger partial charge in [-0.15, -0.1) is 11.3 Å². The Morgan fingerprint density at radius 3 is 2.71 bits per heavy atom. The third-order valence-corrected chi connectivity index (χ3v) is 3.06. The summed E-state index contributed by atoms with van der Waals surface area (Å²) in [7, 11) is 0. The molecule has 0 atom stereocenters. The normalized spacial score (nSPS) is 11.6. The topological polar surface area (TPSA) is 70.2 Å². The fraction of sp³-hybridized carbons (Fsp3) is 0. The molecule has 0 aliphatic carbocycles. The van der Waals surface area contributed by atoms with E-state index in [-0.39, 0.29) is 11.1 Å². The second-order valence-corrected chi connectivity index (χ2v) is 4.52. The van der Waals surface area contributed by atoms with Crippen LogP contribution in [0, 0.1) is 0 Å². The van der Waals surface area contributed by atoms with Gasteiger partial charge in [0.05, 0.1) is 14.8 Å². The van der Waals surface area contributed by atoms with E-state index < -0.39 is 5.97 Å². The number of nitrogens with one attached hydrogen (secondary N) is 1. The monoisotopic (exact) mass is 247 g/mol. The maximum atomic E-state index is 11.5. The summed E-state index contributed by atoms with van der Waals surface area (Å²) in [6.07, 6.45) is 1.56. The Morgan fingerprint density at radius 1 is 1.41 bits per heavy atom. The fourth-order valence-electron chi connectivity index (χ4n) is 1.45. The number of hydrogen-bond acceptors (Lipinski definition) is 3. The van der Waals surface area contributed by atoms with Crippen LogP contribution in [0.2, 0.25) is 0 Å². The molecule has 2 aromatic rings. The number of carboxylic acids is 1. The molecule has 0 unspecified atom stereocenters. The van der Waals surface area contributed by atoms with Gasteiger partial charge in [0.25, 0.3) is 5.56 Å². The minimum absolute atomic E-state index is 0.172. The van der Waals surface area contributed by atoms with E-state index in [1.165, 1.54) is 17.4 Å². The van der Waals surface area contributed by atoms with Crippen LogP contribution in [-0.2, 0) is 0 Å². The summed E-state index contributed by atoms with van der Waals surface area (Å²) < 4.78 is 0.998. The number of aromatic carboxylic acids is 1. The minimum atomic E-state index is -1.01. The Balaban J connectivity index is 2.68. The fourth-order valence-corrected chi connectivity index (χ4v) is 2.19. The first-order chi connectivity index (χ1) is 8.08. The third kappa shape index (κ3) is 2.34. The van der Waals surface area contributed by atoms with Crippen molar-refractivity contribution >= 4 is 30.0 Å². The summed E-state index contributed by atoms with van der Waals surface area (Å²) in [5.74, 6) is -1.01. The number of aromatic amines is 1. The number of rotatable bonds is 2. The van der Waals surface area contributed by atoms with Gasteiger partial charge in [0.15, 0.2) is 0 Å². The molecule has 0 saturated heterocycles. The van der Waals surface area contributed by atoms with Crippen LogP contribution < -0.4 is 14.8 Å². The average Bonchev–Trinajstić information content (AvgIpc) is 2.58. The van der Waals surface area contributed by atoms with E-state index in [1.807, 2.05) is 0 Å². The zero-order valence-corrected chi connectivity index (χ0v) is 9.58. The summed E-state index contributed by atoms with van der Waals surface area (Å²) in [5.41, 5.74) is 0.429. The molecule has 0 radical (unpaired) electrons. The van der Waals surface area contributed by atoms with Crippen LogP contribution in [0.5, 0.6) is 0 Å². The molecule has 0 fully saturated rings. The van der Waals surface area contributed by atoms with Gasteiger partial charge in [-0.2, -0.15) is 0 Å². The zero-order chi connectivity index (χ0) is 12.4. The van der Waals surface area contributed by atoms with Crippen molar-refractivity contribution in [1.82, 2.24) is 4.98 Å². The molecule has 4 nitrogen and oxygen atoms in total. The largest absolute Gasteiger partial charge is 0.478 e. The lowest BCUT2D eigenvalue weighted by molar-refractivity contribution is 0.0696. The quantitative estimate of drug-likeness (QED) is 0.805. The lowest BCUT2D eigenvalue weighted by atomic mass is 10.1. The molecule has 17 heavy (non-hydrogen) atoms. The van der Waals surface area contributed by atoms with Crippen LogP contribution >= 0.6 is 11.3 Å². The first kappa shape index (κ1) is 11.3. The smallest absolute Gasteiger partial charge is 0.336 e. The number of carbonyl (C=O) groups is 1. The van der Waals surface area contributed by atoms with Crippen molar-refractivity contribution in [2.24, 2.45) is 0 Å². The number of thiazole rings is 1. The van der Waals surface area contributed by atoms with E-state index in [4.69, 9.17) is 5.11 Å². The molecular weight excluding hydrogens is 238 g/mol. The van der Waals surface area contributed by atoms with Crippen molar-refractivity contribution in [2.45, 2.75) is 0 Å². The van der Waals surface area contributed by atoms with Crippen molar-refractivity contribution in [3.05, 3.63) is 54.9 Å². The number of H-pyrrole nitrogens is 1. The lowest BCUT2D eigenvalue weighted by Crippen LogP contribution is -2.20. The van der Waals surface area contributed by atoms with Crippen LogP contribution in [0.4, 0.5) is 0 Å². The van der Waals surface area contributed by atoms with Gasteiger partial charge < -0.3 is 10.1 Å². The summed E-state index contributed by atoms with van der Waals surface area (Å²) in [5, 5.41) is 9.00. The second kappa shape index (κ2) is 4.39. The Bertz CT molecular complexity index is 727. The van der Waals surface area contributed by atoms with Crippen LogP contribution in [0.1, 0.15) is 15.9 Å². The first-order valence-electron chi connectivity index (χ1n) is 4.80. The van der Waals surface area contributed by atoms with E-state index in [0.29, 0.717) is 14.8 Å². The predicted octanol–water partition coefficient (Wildman–Crippen LogP) is 0.374. The Hall–Kier alpha value is -2.14. The number of aromatic nitrogens is 1. The molecule has 5 heteroatoms. The number of carboxylic acid groups (broad SMARTS) is 1. The number of hydrogen-bond donors (Lipinski definition) is 2. The molecule has 1 aromatic heterocycles. The van der Waals surface area contributed by atoms with Crippen molar-refractivity contribution in [3.8, 4) is 0 Å². The van der Waals surface area contributed by atoms with Gasteiger partial charge in [0.2, 0.25) is 0 Å². The molecule has 2 N–H and O–H groups in total. The second-order valence-electron chi connectivity index (χ2n) is 3.38. The Labute approximate surface area is 100 Å². The van der Waals surface area contributed by atoms with Crippen LogP contribution in [0.25, 0.3) is 12.7 Å². The standard InChI is InChI=1S/C12H9NO3S/c1-7-13-11(14)10(17-7)6-8-4-2-3-5-9(8)12(15)16/h2-6H,1H2,(H,13,14)(H,15,16)/b10-6-. The maximum Gasteiger partial charge on any atom is 0.336 e. The molecule has 0 bridgehead atoms. The highest BCUT2D eigenvalue weighted by atomic mass is 32.1. The van der Waals surface area contributed by atoms with Gasteiger partial charge in [0, 0.05) is 0 Å². The van der Waals surface area contributed by atoms with Gasteiger partial charge in [-0.25, -0.2) is 4.79 Å². The van der Waals surface area contributed by atoms with Gasteiger partial charge >= 0.3 is 5.97 Å². The van der Waals surface area contributed by atoms with Crippen molar-refractivity contribution in [1.29, 1.82) is 0 Å². The lowest BCUT2D eigenvalue weighted by Gasteiger charge is -1.98. The highest BCUT2D eigenvalue weighted by molar-refractivity contribution is 7.07. The van der Waals surface area contributed by atoms with E-state index in [2.05, 4.69) is 11.6 Å². The molecule has 1 heterocycles.